The van der Waals surface area contributed by atoms with Gasteiger partial charge in [0.25, 0.3) is 0 Å². The van der Waals surface area contributed by atoms with Crippen molar-refractivity contribution in [2.45, 2.75) is 33.1 Å². The van der Waals surface area contributed by atoms with Crippen molar-refractivity contribution in [3.63, 3.8) is 0 Å². The van der Waals surface area contributed by atoms with E-state index in [1.165, 1.54) is 66.8 Å². The number of nitrogens with zero attached hydrogens (tertiary/aromatic N) is 4. The Balaban J connectivity index is 1.25. The molecule has 0 aliphatic heterocycles. The number of fused-ring (bicyclic) bond motifs is 10. The van der Waals surface area contributed by atoms with Gasteiger partial charge >= 0.3 is 0 Å². The second kappa shape index (κ2) is 14.6. The smallest absolute Gasteiger partial charge is 0.0728 e. The van der Waals surface area contributed by atoms with E-state index < -0.39 is 5.41 Å². The Bertz CT molecular complexity index is 2540. The Labute approximate surface area is 361 Å². The Morgan fingerprint density at radius 3 is 0.623 bits per heavy atom. The third-order valence-corrected chi connectivity index (χ3v) is 13.4. The van der Waals surface area contributed by atoms with Crippen LogP contribution in [0.5, 0.6) is 0 Å². The van der Waals surface area contributed by atoms with Crippen molar-refractivity contribution in [1.82, 2.24) is 0 Å². The summed E-state index contributed by atoms with van der Waals surface area (Å²) in [5.41, 5.74) is 24.0. The van der Waals surface area contributed by atoms with E-state index in [-0.39, 0.29) is 0 Å². The highest BCUT2D eigenvalue weighted by Gasteiger charge is 2.52. The van der Waals surface area contributed by atoms with Crippen molar-refractivity contribution >= 4 is 45.5 Å². The Morgan fingerprint density at radius 1 is 0.246 bits per heavy atom. The highest BCUT2D eigenvalue weighted by molar-refractivity contribution is 5.98. The van der Waals surface area contributed by atoms with E-state index in [1.54, 1.807) is 0 Å². The van der Waals surface area contributed by atoms with E-state index in [1.807, 2.05) is 0 Å². The number of rotatable bonds is 8. The minimum atomic E-state index is -0.613. The molecular formula is C57H52N4. The van der Waals surface area contributed by atoms with E-state index in [2.05, 4.69) is 245 Å². The van der Waals surface area contributed by atoms with E-state index in [4.69, 9.17) is 0 Å². The van der Waals surface area contributed by atoms with Gasteiger partial charge in [0.05, 0.1) is 5.41 Å². The molecule has 2 aliphatic rings. The first-order chi connectivity index (χ1) is 29.5. The molecule has 2 aliphatic carbocycles. The molecule has 0 radical (unpaired) electrons. The van der Waals surface area contributed by atoms with Crippen molar-refractivity contribution in [3.8, 4) is 22.3 Å². The normalized spacial score (nSPS) is 12.7. The lowest BCUT2D eigenvalue weighted by atomic mass is 9.70. The summed E-state index contributed by atoms with van der Waals surface area (Å²) in [5.74, 6) is 0. The second-order valence-electron chi connectivity index (χ2n) is 17.2. The minimum absolute atomic E-state index is 0.613. The molecular weight excluding hydrogens is 741 g/mol. The molecule has 0 bridgehead atoms. The first-order valence-corrected chi connectivity index (χ1v) is 21.3. The molecule has 0 saturated carbocycles. The molecule has 300 valence electrons. The summed E-state index contributed by atoms with van der Waals surface area (Å²) in [6.07, 6.45) is 0. The van der Waals surface area contributed by atoms with Crippen molar-refractivity contribution in [2.75, 3.05) is 47.8 Å². The minimum Gasteiger partial charge on any atom is -0.345 e. The number of anilines is 8. The SMILES string of the molecule is Cc1ccc(N(C)c2ccc3c(c2)C2(c4cc(N(C)c5ccc(C)cc5)ccc4-3)c3cc(N(C)c4ccc(C)cc4)ccc3-c3ccc(N(C)c4ccc(C)cc4)cc32)cc1. The highest BCUT2D eigenvalue weighted by atomic mass is 15.1. The van der Waals surface area contributed by atoms with Gasteiger partial charge < -0.3 is 19.6 Å². The summed E-state index contributed by atoms with van der Waals surface area (Å²) >= 11 is 0. The van der Waals surface area contributed by atoms with Crippen LogP contribution in [0.3, 0.4) is 0 Å². The monoisotopic (exact) mass is 792 g/mol. The van der Waals surface area contributed by atoms with Crippen LogP contribution in [0.25, 0.3) is 22.3 Å². The Hall–Kier alpha value is -7.04. The van der Waals surface area contributed by atoms with Crippen LogP contribution in [-0.4, -0.2) is 28.2 Å². The molecule has 1 spiro atoms. The summed E-state index contributed by atoms with van der Waals surface area (Å²) in [4.78, 5) is 9.31. The summed E-state index contributed by atoms with van der Waals surface area (Å²) in [7, 11) is 8.76. The fourth-order valence-electron chi connectivity index (χ4n) is 9.68. The zero-order chi connectivity index (χ0) is 42.2. The predicted molar refractivity (Wildman–Crippen MR) is 260 cm³/mol. The van der Waals surface area contributed by atoms with Gasteiger partial charge in [-0.25, -0.2) is 0 Å². The molecule has 0 unspecified atom stereocenters. The number of hydrogen-bond donors (Lipinski definition) is 0. The Morgan fingerprint density at radius 2 is 0.426 bits per heavy atom. The van der Waals surface area contributed by atoms with Crippen LogP contribution in [0.4, 0.5) is 45.5 Å². The van der Waals surface area contributed by atoms with E-state index in [0.29, 0.717) is 0 Å². The lowest BCUT2D eigenvalue weighted by molar-refractivity contribution is 0.792. The van der Waals surface area contributed by atoms with Crippen LogP contribution in [0.15, 0.2) is 170 Å². The number of hydrogen-bond acceptors (Lipinski definition) is 4. The molecule has 10 rings (SSSR count). The van der Waals surface area contributed by atoms with Gasteiger partial charge in [0.15, 0.2) is 0 Å². The summed E-state index contributed by atoms with van der Waals surface area (Å²) in [6, 6.07) is 64.0. The molecule has 0 heterocycles. The summed E-state index contributed by atoms with van der Waals surface area (Å²) in [6.45, 7) is 8.59. The standard InChI is InChI=1S/C57H52N4/c1-37-9-17-41(18-10-37)58(5)45-25-29-49-50-30-26-46(59(6)42-19-11-38(2)12-20-42)34-54(50)57(53(49)33-45)55-35-47(60(7)43-21-13-39(3)14-22-43)27-31-51(55)52-32-28-48(36-56(52)57)61(8)44-23-15-40(4)16-24-44/h9-36H,1-8H3. The van der Waals surface area contributed by atoms with Gasteiger partial charge in [-0.1, -0.05) is 95.1 Å². The van der Waals surface area contributed by atoms with Crippen molar-refractivity contribution in [1.29, 1.82) is 0 Å². The van der Waals surface area contributed by atoms with Crippen LogP contribution in [0.2, 0.25) is 0 Å². The zero-order valence-electron chi connectivity index (χ0n) is 36.5. The van der Waals surface area contributed by atoms with Gasteiger partial charge in [0.1, 0.15) is 0 Å². The first kappa shape index (κ1) is 38.2. The van der Waals surface area contributed by atoms with Gasteiger partial charge in [-0.3, -0.25) is 0 Å². The van der Waals surface area contributed by atoms with Crippen molar-refractivity contribution in [3.05, 3.63) is 214 Å². The van der Waals surface area contributed by atoms with Crippen LogP contribution in [0.1, 0.15) is 44.5 Å². The maximum atomic E-state index is 2.48. The third-order valence-electron chi connectivity index (χ3n) is 13.4. The molecule has 0 fully saturated rings. The molecule has 0 saturated heterocycles. The van der Waals surface area contributed by atoms with Gasteiger partial charge in [-0.05, 0) is 169 Å². The fourth-order valence-corrected chi connectivity index (χ4v) is 9.68. The van der Waals surface area contributed by atoms with Crippen molar-refractivity contribution < 1.29 is 0 Å². The third kappa shape index (κ3) is 6.20. The average molecular weight is 793 g/mol. The van der Waals surface area contributed by atoms with Gasteiger partial charge in [0, 0.05) is 73.7 Å². The lowest BCUT2D eigenvalue weighted by Crippen LogP contribution is -2.27. The number of benzene rings is 8. The fraction of sp³-hybridized carbons (Fsp3) is 0.158. The lowest BCUT2D eigenvalue weighted by Gasteiger charge is -2.33. The molecule has 4 heteroatoms. The highest BCUT2D eigenvalue weighted by Crippen LogP contribution is 2.64. The van der Waals surface area contributed by atoms with Gasteiger partial charge in [-0.2, -0.15) is 0 Å². The molecule has 0 amide bonds. The quantitative estimate of drug-likeness (QED) is 0.152. The predicted octanol–water partition coefficient (Wildman–Crippen LogP) is 14.3. The molecule has 4 nitrogen and oxygen atoms in total. The first-order valence-electron chi connectivity index (χ1n) is 21.3. The topological polar surface area (TPSA) is 13.0 Å². The van der Waals surface area contributed by atoms with Crippen LogP contribution in [-0.2, 0) is 5.41 Å². The van der Waals surface area contributed by atoms with E-state index in [9.17, 15) is 0 Å². The molecule has 0 aromatic heterocycles. The second-order valence-corrected chi connectivity index (χ2v) is 17.2. The summed E-state index contributed by atoms with van der Waals surface area (Å²) in [5, 5.41) is 0. The maximum Gasteiger partial charge on any atom is 0.0728 e. The Kier molecular flexibility index (Phi) is 9.14. The largest absolute Gasteiger partial charge is 0.345 e. The van der Waals surface area contributed by atoms with Crippen molar-refractivity contribution in [2.24, 2.45) is 0 Å². The zero-order valence-corrected chi connectivity index (χ0v) is 36.5. The summed E-state index contributed by atoms with van der Waals surface area (Å²) < 4.78 is 0. The van der Waals surface area contributed by atoms with E-state index >= 15 is 0 Å². The average Bonchev–Trinajstić information content (AvgIpc) is 3.74. The van der Waals surface area contributed by atoms with E-state index in [0.717, 1.165) is 45.5 Å². The van der Waals surface area contributed by atoms with Gasteiger partial charge in [0.2, 0.25) is 0 Å². The van der Waals surface area contributed by atoms with Gasteiger partial charge in [-0.15, -0.1) is 0 Å². The maximum absolute atomic E-state index is 2.48. The molecule has 61 heavy (non-hydrogen) atoms. The van der Waals surface area contributed by atoms with Crippen LogP contribution < -0.4 is 19.6 Å². The molecule has 0 atom stereocenters. The number of aryl methyl sites for hydroxylation is 4. The molecule has 0 N–H and O–H groups in total. The van der Waals surface area contributed by atoms with Crippen LogP contribution in [0, 0.1) is 27.7 Å². The van der Waals surface area contributed by atoms with Crippen LogP contribution >= 0.6 is 0 Å². The molecule has 8 aromatic carbocycles. The molecule has 8 aromatic rings.